The number of nitrogens with zero attached hydrogens (tertiary/aromatic N) is 5. The summed E-state index contributed by atoms with van der Waals surface area (Å²) in [6, 6.07) is 26.6. The minimum atomic E-state index is -0.870. The molecule has 18 heteroatoms. The number of benzene rings is 5. The Morgan fingerprint density at radius 3 is 1.82 bits per heavy atom. The number of fused-ring (bicyclic) bond motifs is 8. The molecule has 4 atom stereocenters. The van der Waals surface area contributed by atoms with Gasteiger partial charge >= 0.3 is 0 Å². The van der Waals surface area contributed by atoms with E-state index < -0.39 is 17.9 Å². The van der Waals surface area contributed by atoms with E-state index >= 15 is 0 Å². The summed E-state index contributed by atoms with van der Waals surface area (Å²) in [5.41, 5.74) is 8.07. The molecule has 5 heterocycles. The Bertz CT molecular complexity index is 3440. The number of ketones is 2. The number of hydrogen-bond donors (Lipinski definition) is 2. The number of methoxy groups -OCH3 is 1. The predicted octanol–water partition coefficient (Wildman–Crippen LogP) is 8.61. The van der Waals surface area contributed by atoms with Crippen LogP contribution in [0.1, 0.15) is 107 Å². The standard InChI is InChI=1S/C62H61N7O11/c1-36-22-47-49(63-32-44-27-41-12-5-8-16-51(41)68(44)61(47)76)30-54(36)79-34-39-24-40(35-80-56-31-50-48(29-55(56)78-4)62(77)69-45(33-64-50)28-42-13-6-9-17-52(42)69)26-43(25-39)66-60(75)37(2)23-53(71)38(3)65-57(72)18-10-7-14-46(70)15-11-21-67-58(73)19-20-59(67)74/h5-6,8-9,12-13,16-17,19-20,22,24-26,29-33,37-38,44-45H,7,10-11,14-15,18,21,23,27-28,34-35H2,1-4H3,(H,65,72)(H,66,75)/t37-,38+,44+,45+/m1/s1. The highest BCUT2D eigenvalue weighted by Crippen LogP contribution is 2.42. The van der Waals surface area contributed by atoms with Crippen LogP contribution in [0.3, 0.4) is 0 Å². The summed E-state index contributed by atoms with van der Waals surface area (Å²) in [5, 5.41) is 5.69. The van der Waals surface area contributed by atoms with Crippen LogP contribution in [-0.2, 0) is 54.8 Å². The number of aryl methyl sites for hydroxylation is 1. The lowest BCUT2D eigenvalue weighted by molar-refractivity contribution is -0.137. The number of unbranched alkanes of at least 4 members (excludes halogenated alkanes) is 1. The normalized spacial score (nSPS) is 17.1. The van der Waals surface area contributed by atoms with Crippen molar-refractivity contribution >= 4 is 87.9 Å². The van der Waals surface area contributed by atoms with Crippen molar-refractivity contribution in [2.45, 2.75) is 110 Å². The summed E-state index contributed by atoms with van der Waals surface area (Å²) in [6.45, 7) is 5.27. The number of carbonyl (C=O) groups excluding carboxylic acids is 8. The van der Waals surface area contributed by atoms with Gasteiger partial charge in [-0.25, -0.2) is 0 Å². The lowest BCUT2D eigenvalue weighted by atomic mass is 9.99. The molecular formula is C62H61N7O11. The molecule has 0 unspecified atom stereocenters. The Labute approximate surface area is 462 Å². The molecule has 5 aliphatic rings. The third-order valence-corrected chi connectivity index (χ3v) is 15.0. The monoisotopic (exact) mass is 1080 g/mol. The minimum absolute atomic E-state index is 0.00794. The number of hydrogen-bond acceptors (Lipinski definition) is 13. The van der Waals surface area contributed by atoms with E-state index in [2.05, 4.69) is 10.6 Å². The van der Waals surface area contributed by atoms with Gasteiger partial charge in [-0.15, -0.1) is 0 Å². The van der Waals surface area contributed by atoms with Crippen molar-refractivity contribution in [3.8, 4) is 17.2 Å². The first-order valence-electron chi connectivity index (χ1n) is 27.0. The zero-order valence-corrected chi connectivity index (χ0v) is 45.0. The molecule has 5 aromatic carbocycles. The lowest BCUT2D eigenvalue weighted by Gasteiger charge is -2.22. The molecule has 10 rings (SSSR count). The van der Waals surface area contributed by atoms with E-state index in [1.54, 1.807) is 66.3 Å². The predicted molar refractivity (Wildman–Crippen MR) is 301 cm³/mol. The first-order chi connectivity index (χ1) is 38.6. The molecule has 0 aliphatic carbocycles. The summed E-state index contributed by atoms with van der Waals surface area (Å²) in [6.07, 6.45) is 8.98. The molecule has 410 valence electrons. The van der Waals surface area contributed by atoms with Crippen LogP contribution >= 0.6 is 0 Å². The number of rotatable bonds is 22. The summed E-state index contributed by atoms with van der Waals surface area (Å²) in [4.78, 5) is 118. The smallest absolute Gasteiger partial charge is 0.261 e. The van der Waals surface area contributed by atoms with Crippen LogP contribution in [0.2, 0.25) is 0 Å². The summed E-state index contributed by atoms with van der Waals surface area (Å²) in [5.74, 6) is -1.88. The van der Waals surface area contributed by atoms with Crippen molar-refractivity contribution in [3.63, 3.8) is 0 Å². The first kappa shape index (κ1) is 54.3. The van der Waals surface area contributed by atoms with Gasteiger partial charge in [-0.3, -0.25) is 63.0 Å². The maximum Gasteiger partial charge on any atom is 0.261 e. The van der Waals surface area contributed by atoms with Crippen LogP contribution < -0.4 is 34.6 Å². The van der Waals surface area contributed by atoms with E-state index in [9.17, 15) is 38.4 Å². The fraction of sp³-hybridized carbons (Fsp3) is 0.323. The summed E-state index contributed by atoms with van der Waals surface area (Å²) < 4.78 is 18.7. The SMILES string of the molecule is COc1cc2c(cc1OCc1cc(COc3cc4c(cc3C)C(=O)N3c5ccccc5C[C@H]3C=N4)cc(NC(=O)[C@H](C)CC(=O)[C@H](C)NC(=O)CCCCC(=O)CCCN3C(=O)C=CC3=O)c1)N=C[C@@H]1Cc3ccccc3N1C2=O. The molecule has 18 nitrogen and oxygen atoms in total. The van der Waals surface area contributed by atoms with Crippen molar-refractivity contribution in [3.05, 3.63) is 142 Å². The maximum atomic E-state index is 14.1. The van der Waals surface area contributed by atoms with Crippen LogP contribution in [0.15, 0.2) is 113 Å². The van der Waals surface area contributed by atoms with Crippen molar-refractivity contribution < 1.29 is 52.6 Å². The number of nitrogens with one attached hydrogen (secondary N) is 2. The second kappa shape index (κ2) is 23.5. The van der Waals surface area contributed by atoms with Gasteiger partial charge in [-0.2, -0.15) is 0 Å². The van der Waals surface area contributed by atoms with Crippen molar-refractivity contribution in [2.75, 3.05) is 28.8 Å². The van der Waals surface area contributed by atoms with E-state index in [-0.39, 0.29) is 98.6 Å². The Morgan fingerprint density at radius 1 is 0.662 bits per heavy atom. The minimum Gasteiger partial charge on any atom is -0.493 e. The Hall–Kier alpha value is -9.06. The second-order valence-electron chi connectivity index (χ2n) is 20.8. The fourth-order valence-electron chi connectivity index (χ4n) is 10.8. The largest absolute Gasteiger partial charge is 0.493 e. The number of para-hydroxylation sites is 2. The van der Waals surface area contributed by atoms with Crippen LogP contribution in [-0.4, -0.2) is 96.1 Å². The van der Waals surface area contributed by atoms with E-state index in [1.165, 1.54) is 19.3 Å². The van der Waals surface area contributed by atoms with E-state index in [1.807, 2.05) is 67.7 Å². The van der Waals surface area contributed by atoms with Gasteiger partial charge in [-0.1, -0.05) is 43.3 Å². The molecule has 0 bridgehead atoms. The number of carbonyl (C=O) groups is 8. The van der Waals surface area contributed by atoms with Crippen molar-refractivity contribution in [1.82, 2.24) is 10.2 Å². The van der Waals surface area contributed by atoms with Gasteiger partial charge < -0.3 is 24.8 Å². The van der Waals surface area contributed by atoms with Crippen LogP contribution in [0.4, 0.5) is 28.4 Å². The topological polar surface area (TPSA) is 223 Å². The van der Waals surface area contributed by atoms with E-state index in [0.29, 0.717) is 88.7 Å². The molecule has 0 saturated heterocycles. The average molecular weight is 1080 g/mol. The molecular weight excluding hydrogens is 1020 g/mol. The molecule has 0 saturated carbocycles. The van der Waals surface area contributed by atoms with Gasteiger partial charge in [0.15, 0.2) is 17.3 Å². The molecule has 2 N–H and O–H groups in total. The molecule has 80 heavy (non-hydrogen) atoms. The average Bonchev–Trinajstić information content (AvgIpc) is 4.18. The third kappa shape index (κ3) is 11.7. The van der Waals surface area contributed by atoms with Gasteiger partial charge in [0.1, 0.15) is 24.7 Å². The van der Waals surface area contributed by atoms with Crippen molar-refractivity contribution in [1.29, 1.82) is 0 Å². The number of aliphatic imine (C=N–C) groups is 2. The zero-order valence-electron chi connectivity index (χ0n) is 45.0. The summed E-state index contributed by atoms with van der Waals surface area (Å²) in [7, 11) is 1.50. The van der Waals surface area contributed by atoms with Gasteiger partial charge in [0.25, 0.3) is 23.6 Å². The number of ether oxygens (including phenoxy) is 3. The highest BCUT2D eigenvalue weighted by molar-refractivity contribution is 6.16. The van der Waals surface area contributed by atoms with Gasteiger partial charge in [0.05, 0.1) is 47.7 Å². The lowest BCUT2D eigenvalue weighted by Crippen LogP contribution is -2.39. The molecule has 0 fully saturated rings. The number of Topliss-reactive ketones (excluding diaryl/α,β-unsaturated/α-hetero) is 2. The van der Waals surface area contributed by atoms with E-state index in [0.717, 1.165) is 33.0 Å². The maximum absolute atomic E-state index is 14.1. The highest BCUT2D eigenvalue weighted by atomic mass is 16.5. The van der Waals surface area contributed by atoms with Gasteiger partial charge in [0.2, 0.25) is 11.8 Å². The number of anilines is 3. The quantitative estimate of drug-likeness (QED) is 0.0493. The van der Waals surface area contributed by atoms with Crippen LogP contribution in [0, 0.1) is 12.8 Å². The molecule has 0 spiro atoms. The van der Waals surface area contributed by atoms with E-state index in [4.69, 9.17) is 24.2 Å². The van der Waals surface area contributed by atoms with Gasteiger partial charge in [-0.05, 0) is 103 Å². The zero-order chi connectivity index (χ0) is 56.2. The third-order valence-electron chi connectivity index (χ3n) is 15.0. The first-order valence-corrected chi connectivity index (χ1v) is 27.0. The second-order valence-corrected chi connectivity index (χ2v) is 20.8. The van der Waals surface area contributed by atoms with Crippen LogP contribution in [0.25, 0.3) is 0 Å². The Morgan fingerprint density at radius 2 is 1.21 bits per heavy atom. The molecule has 6 amide bonds. The van der Waals surface area contributed by atoms with Crippen molar-refractivity contribution in [2.24, 2.45) is 15.9 Å². The Balaban J connectivity index is 0.798. The van der Waals surface area contributed by atoms with Gasteiger partial charge in [0, 0.05) is 105 Å². The molecule has 0 aromatic heterocycles. The number of amides is 6. The fourth-order valence-corrected chi connectivity index (χ4v) is 10.8. The van der Waals surface area contributed by atoms with Crippen LogP contribution in [0.5, 0.6) is 17.2 Å². The molecule has 0 radical (unpaired) electrons. The highest BCUT2D eigenvalue weighted by Gasteiger charge is 2.38. The molecule has 5 aromatic rings. The summed E-state index contributed by atoms with van der Waals surface area (Å²) >= 11 is 0. The Kier molecular flexibility index (Phi) is 15.9. The number of imide groups is 1. The molecule has 5 aliphatic heterocycles.